The summed E-state index contributed by atoms with van der Waals surface area (Å²) in [6.07, 6.45) is 5.53. The van der Waals surface area contributed by atoms with Crippen LogP contribution in [0.3, 0.4) is 0 Å². The molecule has 1 aromatic heterocycles. The number of hydrogen-bond acceptors (Lipinski definition) is 3. The molecular formula is C5H10N2O4S. The van der Waals surface area contributed by atoms with Crippen molar-refractivity contribution in [2.45, 2.75) is 13.5 Å². The molecule has 0 aliphatic carbocycles. The van der Waals surface area contributed by atoms with Gasteiger partial charge in [-0.3, -0.25) is 9.11 Å². The van der Waals surface area contributed by atoms with E-state index >= 15 is 0 Å². The van der Waals surface area contributed by atoms with Crippen LogP contribution in [-0.2, 0) is 16.9 Å². The third kappa shape index (κ3) is 9.08. The van der Waals surface area contributed by atoms with Gasteiger partial charge in [0.1, 0.15) is 0 Å². The normalized spacial score (nSPS) is 10.2. The van der Waals surface area contributed by atoms with Crippen molar-refractivity contribution in [2.75, 3.05) is 0 Å². The first-order chi connectivity index (χ1) is 5.43. The van der Waals surface area contributed by atoms with Gasteiger partial charge in [0, 0.05) is 18.9 Å². The van der Waals surface area contributed by atoms with Crippen LogP contribution in [0, 0.1) is 0 Å². The van der Waals surface area contributed by atoms with Crippen molar-refractivity contribution >= 4 is 10.4 Å². The van der Waals surface area contributed by atoms with Crippen molar-refractivity contribution in [3.8, 4) is 0 Å². The molecule has 0 atom stereocenters. The third-order valence-electron chi connectivity index (χ3n) is 0.924. The van der Waals surface area contributed by atoms with E-state index in [0.717, 1.165) is 6.54 Å². The molecule has 0 saturated heterocycles. The maximum Gasteiger partial charge on any atom is 0.394 e. The van der Waals surface area contributed by atoms with Gasteiger partial charge < -0.3 is 4.57 Å². The van der Waals surface area contributed by atoms with Crippen molar-refractivity contribution in [1.82, 2.24) is 9.55 Å². The van der Waals surface area contributed by atoms with Crippen molar-refractivity contribution in [1.29, 1.82) is 0 Å². The summed E-state index contributed by atoms with van der Waals surface area (Å²) >= 11 is 0. The van der Waals surface area contributed by atoms with E-state index in [4.69, 9.17) is 17.5 Å². The average molecular weight is 194 g/mol. The minimum Gasteiger partial charge on any atom is -0.338 e. The summed E-state index contributed by atoms with van der Waals surface area (Å²) in [6.45, 7) is 3.10. The summed E-state index contributed by atoms with van der Waals surface area (Å²) in [5, 5.41) is 0. The molecular weight excluding hydrogens is 184 g/mol. The quantitative estimate of drug-likeness (QED) is 0.625. The minimum absolute atomic E-state index is 1.01. The van der Waals surface area contributed by atoms with Crippen LogP contribution in [-0.4, -0.2) is 27.1 Å². The van der Waals surface area contributed by atoms with Crippen LogP contribution in [0.4, 0.5) is 0 Å². The molecule has 2 N–H and O–H groups in total. The Morgan fingerprint density at radius 3 is 2.17 bits per heavy atom. The number of nitrogens with zero attached hydrogens (tertiary/aromatic N) is 2. The van der Waals surface area contributed by atoms with Crippen molar-refractivity contribution in [3.05, 3.63) is 18.7 Å². The van der Waals surface area contributed by atoms with E-state index < -0.39 is 10.4 Å². The van der Waals surface area contributed by atoms with Crippen molar-refractivity contribution < 1.29 is 17.5 Å². The SMILES string of the molecule is CCn1ccnc1.O=S(=O)(O)O. The van der Waals surface area contributed by atoms with Gasteiger partial charge in [-0.2, -0.15) is 8.42 Å². The van der Waals surface area contributed by atoms with Gasteiger partial charge in [-0.15, -0.1) is 0 Å². The van der Waals surface area contributed by atoms with E-state index in [2.05, 4.69) is 11.9 Å². The van der Waals surface area contributed by atoms with Crippen LogP contribution in [0.1, 0.15) is 6.92 Å². The fourth-order valence-corrected chi connectivity index (χ4v) is 0.474. The smallest absolute Gasteiger partial charge is 0.338 e. The number of rotatable bonds is 1. The maximum absolute atomic E-state index is 8.74. The van der Waals surface area contributed by atoms with E-state index in [-0.39, 0.29) is 0 Å². The predicted octanol–water partition coefficient (Wildman–Crippen LogP) is 0.250. The summed E-state index contributed by atoms with van der Waals surface area (Å²) in [7, 11) is -4.67. The first-order valence-corrected chi connectivity index (χ1v) is 4.48. The lowest BCUT2D eigenvalue weighted by molar-refractivity contribution is 0.381. The Balaban J connectivity index is 0.000000217. The molecule has 0 amide bonds. The zero-order chi connectivity index (χ0) is 9.61. The summed E-state index contributed by atoms with van der Waals surface area (Å²) in [6, 6.07) is 0. The van der Waals surface area contributed by atoms with Gasteiger partial charge in [-0.25, -0.2) is 4.98 Å². The Hall–Kier alpha value is -0.920. The second-order valence-corrected chi connectivity index (χ2v) is 2.74. The summed E-state index contributed by atoms with van der Waals surface area (Å²) in [4.78, 5) is 3.86. The van der Waals surface area contributed by atoms with Crippen LogP contribution in [0.15, 0.2) is 18.7 Å². The van der Waals surface area contributed by atoms with Gasteiger partial charge in [-0.1, -0.05) is 0 Å². The monoisotopic (exact) mass is 194 g/mol. The van der Waals surface area contributed by atoms with Crippen molar-refractivity contribution in [3.63, 3.8) is 0 Å². The first-order valence-electron chi connectivity index (χ1n) is 3.09. The van der Waals surface area contributed by atoms with Gasteiger partial charge in [-0.05, 0) is 6.92 Å². The fraction of sp³-hybridized carbons (Fsp3) is 0.400. The van der Waals surface area contributed by atoms with Crippen molar-refractivity contribution in [2.24, 2.45) is 0 Å². The largest absolute Gasteiger partial charge is 0.394 e. The Labute approximate surface area is 70.4 Å². The minimum atomic E-state index is -4.67. The van der Waals surface area contributed by atoms with Gasteiger partial charge in [0.15, 0.2) is 0 Å². The highest BCUT2D eigenvalue weighted by atomic mass is 32.3. The lowest BCUT2D eigenvalue weighted by atomic mass is 10.7. The predicted molar refractivity (Wildman–Crippen MR) is 42.1 cm³/mol. The highest BCUT2D eigenvalue weighted by Gasteiger charge is 1.84. The molecule has 6 nitrogen and oxygen atoms in total. The number of imidazole rings is 1. The summed E-state index contributed by atoms with van der Waals surface area (Å²) in [5.41, 5.74) is 0. The molecule has 1 aromatic rings. The maximum atomic E-state index is 8.74. The molecule has 7 heteroatoms. The molecule has 0 radical (unpaired) electrons. The molecule has 0 bridgehead atoms. The Kier molecular flexibility index (Phi) is 4.49. The number of aryl methyl sites for hydroxylation is 1. The van der Waals surface area contributed by atoms with Crippen LogP contribution >= 0.6 is 0 Å². The topological polar surface area (TPSA) is 92.4 Å². The Bertz CT molecular complexity index is 283. The van der Waals surface area contributed by atoms with Crippen LogP contribution in [0.5, 0.6) is 0 Å². The molecule has 0 unspecified atom stereocenters. The first kappa shape index (κ1) is 11.1. The lowest BCUT2D eigenvalue weighted by Crippen LogP contribution is -1.89. The third-order valence-corrected chi connectivity index (χ3v) is 0.924. The number of aromatic nitrogens is 2. The van der Waals surface area contributed by atoms with Gasteiger partial charge in [0.25, 0.3) is 0 Å². The van der Waals surface area contributed by atoms with Gasteiger partial charge >= 0.3 is 10.4 Å². The molecule has 70 valence electrons. The summed E-state index contributed by atoms with van der Waals surface area (Å²) < 4.78 is 33.6. The molecule has 0 fully saturated rings. The van der Waals surface area contributed by atoms with E-state index in [0.29, 0.717) is 0 Å². The molecule has 0 saturated carbocycles. The highest BCUT2D eigenvalue weighted by molar-refractivity contribution is 7.79. The average Bonchev–Trinajstić information content (AvgIpc) is 2.33. The molecule has 0 aliphatic rings. The standard InChI is InChI=1S/C5H8N2.H2O4S/c1-2-7-4-3-6-5-7;1-5(2,3)4/h3-5H,2H2,1H3;(H2,1,2,3,4). The molecule has 12 heavy (non-hydrogen) atoms. The summed E-state index contributed by atoms with van der Waals surface area (Å²) in [5.74, 6) is 0. The molecule has 1 heterocycles. The molecule has 0 aromatic carbocycles. The molecule has 0 spiro atoms. The van der Waals surface area contributed by atoms with Crippen LogP contribution in [0.2, 0.25) is 0 Å². The van der Waals surface area contributed by atoms with Crippen LogP contribution < -0.4 is 0 Å². The van der Waals surface area contributed by atoms with E-state index in [9.17, 15) is 0 Å². The van der Waals surface area contributed by atoms with Crippen LogP contribution in [0.25, 0.3) is 0 Å². The fourth-order valence-electron chi connectivity index (χ4n) is 0.474. The Morgan fingerprint density at radius 1 is 1.50 bits per heavy atom. The van der Waals surface area contributed by atoms with Gasteiger partial charge in [0.05, 0.1) is 6.33 Å². The van der Waals surface area contributed by atoms with Gasteiger partial charge in [0.2, 0.25) is 0 Å². The zero-order valence-electron chi connectivity index (χ0n) is 6.45. The molecule has 1 rings (SSSR count). The van der Waals surface area contributed by atoms with E-state index in [1.165, 1.54) is 0 Å². The molecule has 0 aliphatic heterocycles. The van der Waals surface area contributed by atoms with E-state index in [1.807, 2.05) is 10.8 Å². The second-order valence-electron chi connectivity index (χ2n) is 1.84. The lowest BCUT2D eigenvalue weighted by Gasteiger charge is -1.87. The highest BCUT2D eigenvalue weighted by Crippen LogP contribution is 1.81. The Morgan fingerprint density at radius 2 is 2.00 bits per heavy atom. The second kappa shape index (κ2) is 4.86. The zero-order valence-corrected chi connectivity index (χ0v) is 7.27. The van der Waals surface area contributed by atoms with E-state index in [1.54, 1.807) is 12.5 Å². The number of hydrogen-bond donors (Lipinski definition) is 2.